The van der Waals surface area contributed by atoms with Crippen molar-refractivity contribution in [3.05, 3.63) is 36.0 Å². The average Bonchev–Trinajstić information content (AvgIpc) is 2.73. The Kier molecular flexibility index (Phi) is 3.81. The summed E-state index contributed by atoms with van der Waals surface area (Å²) in [5.41, 5.74) is 0.579. The lowest BCUT2D eigenvalue weighted by molar-refractivity contribution is -0.274. The van der Waals surface area contributed by atoms with Crippen molar-refractivity contribution < 1.29 is 26.3 Å². The molecular weight excluding hydrogens is 311 g/mol. The molecular formula is C11H10F3N3O3S. The maximum Gasteiger partial charge on any atom is 0.573 e. The Morgan fingerprint density at radius 1 is 1.24 bits per heavy atom. The zero-order chi connectivity index (χ0) is 15.7. The monoisotopic (exact) mass is 321 g/mol. The molecule has 0 aliphatic heterocycles. The molecule has 0 aliphatic carbocycles. The van der Waals surface area contributed by atoms with Gasteiger partial charge >= 0.3 is 6.36 Å². The number of hydrogen-bond donors (Lipinski definition) is 2. The van der Waals surface area contributed by atoms with Crippen LogP contribution in [0.25, 0.3) is 0 Å². The van der Waals surface area contributed by atoms with Crippen LogP contribution in [0.2, 0.25) is 0 Å². The first-order valence-electron chi connectivity index (χ1n) is 5.56. The van der Waals surface area contributed by atoms with E-state index in [0.717, 1.165) is 24.3 Å². The summed E-state index contributed by atoms with van der Waals surface area (Å²) in [5, 5.41) is 6.12. The van der Waals surface area contributed by atoms with E-state index in [-0.39, 0.29) is 10.7 Å². The first-order valence-corrected chi connectivity index (χ1v) is 7.04. The number of aryl methyl sites for hydroxylation is 1. The van der Waals surface area contributed by atoms with Gasteiger partial charge in [-0.2, -0.15) is 5.10 Å². The third-order valence-corrected chi connectivity index (χ3v) is 3.80. The predicted molar refractivity (Wildman–Crippen MR) is 67.3 cm³/mol. The zero-order valence-electron chi connectivity index (χ0n) is 10.6. The number of H-pyrrole nitrogens is 1. The van der Waals surface area contributed by atoms with E-state index in [0.29, 0.717) is 5.56 Å². The Labute approximate surface area is 118 Å². The topological polar surface area (TPSA) is 84.1 Å². The highest BCUT2D eigenvalue weighted by molar-refractivity contribution is 7.92. The van der Waals surface area contributed by atoms with Gasteiger partial charge in [0.2, 0.25) is 0 Å². The number of nitrogens with one attached hydrogen (secondary N) is 2. The minimum absolute atomic E-state index is 0.186. The van der Waals surface area contributed by atoms with Crippen LogP contribution in [0.4, 0.5) is 19.0 Å². The Morgan fingerprint density at radius 2 is 1.86 bits per heavy atom. The summed E-state index contributed by atoms with van der Waals surface area (Å²) >= 11 is 0. The molecule has 6 nitrogen and oxygen atoms in total. The van der Waals surface area contributed by atoms with Crippen LogP contribution in [0.3, 0.4) is 0 Å². The van der Waals surface area contributed by atoms with E-state index in [1.165, 1.54) is 6.20 Å². The van der Waals surface area contributed by atoms with Crippen LogP contribution in [0.15, 0.2) is 35.4 Å². The molecule has 10 heteroatoms. The highest BCUT2D eigenvalue weighted by Crippen LogP contribution is 2.24. The smallest absolute Gasteiger partial charge is 0.406 e. The molecule has 0 aliphatic rings. The van der Waals surface area contributed by atoms with Gasteiger partial charge in [-0.15, -0.1) is 13.2 Å². The molecule has 1 aromatic heterocycles. The number of aromatic nitrogens is 2. The van der Waals surface area contributed by atoms with Gasteiger partial charge in [-0.25, -0.2) is 8.42 Å². The van der Waals surface area contributed by atoms with Gasteiger partial charge in [0.15, 0.2) is 0 Å². The maximum atomic E-state index is 12.0. The number of sulfonamides is 1. The summed E-state index contributed by atoms with van der Waals surface area (Å²) in [7, 11) is -3.92. The third-order valence-electron chi connectivity index (χ3n) is 2.43. The number of alkyl halides is 3. The summed E-state index contributed by atoms with van der Waals surface area (Å²) in [6.45, 7) is 1.64. The zero-order valence-corrected chi connectivity index (χ0v) is 11.4. The second kappa shape index (κ2) is 5.28. The molecule has 0 fully saturated rings. The number of rotatable bonds is 4. The average molecular weight is 321 g/mol. The Hall–Kier alpha value is -2.23. The van der Waals surface area contributed by atoms with Gasteiger partial charge in [0, 0.05) is 5.56 Å². The van der Waals surface area contributed by atoms with Crippen LogP contribution in [0.5, 0.6) is 5.75 Å². The quantitative estimate of drug-likeness (QED) is 0.906. The number of nitrogens with zero attached hydrogens (tertiary/aromatic N) is 1. The van der Waals surface area contributed by atoms with E-state index in [1.54, 1.807) is 6.92 Å². The van der Waals surface area contributed by atoms with Crippen LogP contribution < -0.4 is 9.46 Å². The highest BCUT2D eigenvalue weighted by atomic mass is 32.2. The van der Waals surface area contributed by atoms with Gasteiger partial charge in [0.25, 0.3) is 10.0 Å². The van der Waals surface area contributed by atoms with Gasteiger partial charge in [-0.3, -0.25) is 9.82 Å². The summed E-state index contributed by atoms with van der Waals surface area (Å²) in [4.78, 5) is -0.203. The van der Waals surface area contributed by atoms with Crippen molar-refractivity contribution in [2.24, 2.45) is 0 Å². The number of hydrogen-bond acceptors (Lipinski definition) is 4. The molecule has 2 rings (SSSR count). The van der Waals surface area contributed by atoms with Crippen molar-refractivity contribution in [2.45, 2.75) is 18.2 Å². The first kappa shape index (κ1) is 15.2. The lowest BCUT2D eigenvalue weighted by Crippen LogP contribution is -2.17. The minimum atomic E-state index is -4.83. The summed E-state index contributed by atoms with van der Waals surface area (Å²) < 4.78 is 66.0. The fourth-order valence-corrected chi connectivity index (χ4v) is 2.55. The van der Waals surface area contributed by atoms with Gasteiger partial charge in [0.05, 0.1) is 11.1 Å². The maximum absolute atomic E-state index is 12.0. The number of ether oxygens (including phenoxy) is 1. The van der Waals surface area contributed by atoms with E-state index in [4.69, 9.17) is 0 Å². The number of halogens is 3. The second-order valence-electron chi connectivity index (χ2n) is 4.05. The lowest BCUT2D eigenvalue weighted by Gasteiger charge is -2.10. The molecule has 0 spiro atoms. The second-order valence-corrected chi connectivity index (χ2v) is 5.74. The first-order chi connectivity index (χ1) is 9.67. The summed E-state index contributed by atoms with van der Waals surface area (Å²) in [6.07, 6.45) is -3.40. The van der Waals surface area contributed by atoms with Gasteiger partial charge in [-0.05, 0) is 31.2 Å². The fraction of sp³-hybridized carbons (Fsp3) is 0.182. The molecule has 0 unspecified atom stereocenters. The van der Waals surface area contributed by atoms with Crippen LogP contribution >= 0.6 is 0 Å². The molecule has 0 bridgehead atoms. The molecule has 0 radical (unpaired) electrons. The van der Waals surface area contributed by atoms with E-state index in [1.807, 2.05) is 0 Å². The normalized spacial score (nSPS) is 12.2. The molecule has 0 amide bonds. The predicted octanol–water partition coefficient (Wildman–Crippen LogP) is 2.42. The molecule has 1 aromatic carbocycles. The molecule has 0 saturated heterocycles. The molecule has 0 saturated carbocycles. The molecule has 0 atom stereocenters. The summed E-state index contributed by atoms with van der Waals surface area (Å²) in [6, 6.07) is 3.86. The van der Waals surface area contributed by atoms with Crippen LogP contribution in [0.1, 0.15) is 5.56 Å². The van der Waals surface area contributed by atoms with Crippen molar-refractivity contribution in [3.8, 4) is 5.75 Å². The van der Waals surface area contributed by atoms with E-state index in [2.05, 4.69) is 19.7 Å². The van der Waals surface area contributed by atoms with Crippen molar-refractivity contribution in [2.75, 3.05) is 4.72 Å². The molecule has 114 valence electrons. The molecule has 21 heavy (non-hydrogen) atoms. The molecule has 1 heterocycles. The Bertz CT molecular complexity index is 723. The number of benzene rings is 1. The van der Waals surface area contributed by atoms with E-state index >= 15 is 0 Å². The lowest BCUT2D eigenvalue weighted by atomic mass is 10.3. The fourth-order valence-electron chi connectivity index (χ4n) is 1.46. The van der Waals surface area contributed by atoms with Crippen LogP contribution in [-0.4, -0.2) is 25.0 Å². The minimum Gasteiger partial charge on any atom is -0.406 e. The van der Waals surface area contributed by atoms with Crippen molar-refractivity contribution in [3.63, 3.8) is 0 Å². The largest absolute Gasteiger partial charge is 0.573 e. The van der Waals surface area contributed by atoms with Gasteiger partial charge in [-0.1, -0.05) is 0 Å². The van der Waals surface area contributed by atoms with E-state index in [9.17, 15) is 21.6 Å². The van der Waals surface area contributed by atoms with Crippen LogP contribution in [-0.2, 0) is 10.0 Å². The van der Waals surface area contributed by atoms with Gasteiger partial charge in [0.1, 0.15) is 11.6 Å². The standard InChI is InChI=1S/C11H10F3N3O3S/c1-7-6-15-16-10(7)17-21(18,19)9-4-2-8(3-5-9)20-11(12,13)14/h2-6H,1H3,(H2,15,16,17). The molecule has 2 N–H and O–H groups in total. The molecule has 2 aromatic rings. The van der Waals surface area contributed by atoms with Crippen molar-refractivity contribution in [1.82, 2.24) is 10.2 Å². The third kappa shape index (κ3) is 3.88. The van der Waals surface area contributed by atoms with Gasteiger partial charge < -0.3 is 4.74 Å². The Morgan fingerprint density at radius 3 is 2.33 bits per heavy atom. The van der Waals surface area contributed by atoms with E-state index < -0.39 is 22.1 Å². The summed E-state index contributed by atoms with van der Waals surface area (Å²) in [5.74, 6) is -0.315. The SMILES string of the molecule is Cc1cn[nH]c1NS(=O)(=O)c1ccc(OC(F)(F)F)cc1. The van der Waals surface area contributed by atoms with Crippen molar-refractivity contribution in [1.29, 1.82) is 0 Å². The van der Waals surface area contributed by atoms with Crippen LogP contribution in [0, 0.1) is 6.92 Å². The van der Waals surface area contributed by atoms with Crippen molar-refractivity contribution >= 4 is 15.8 Å². The highest BCUT2D eigenvalue weighted by Gasteiger charge is 2.31. The Balaban J connectivity index is 2.19. The number of anilines is 1. The number of aromatic amines is 1.